The normalized spacial score (nSPS) is 9.22. The third-order valence-electron chi connectivity index (χ3n) is 5.12. The Hall–Kier alpha value is -3.81. The van der Waals surface area contributed by atoms with Gasteiger partial charge in [0.2, 0.25) is 0 Å². The second kappa shape index (κ2) is 19.4. The second-order valence-electron chi connectivity index (χ2n) is 7.87. The fraction of sp³-hybridized carbons (Fsp3) is 0.273. The molecule has 3 nitrogen and oxygen atoms in total. The quantitative estimate of drug-likeness (QED) is 0.315. The SMILES string of the molecule is C=C.C=C(C)c1ccc(-c2ccccc2C#N)nc1C(=C)CCc1cccc(F)c1.CC.CCCNC. The van der Waals surface area contributed by atoms with E-state index in [1.807, 2.05) is 64.2 Å². The Morgan fingerprint density at radius 2 is 1.70 bits per heavy atom. The van der Waals surface area contributed by atoms with E-state index in [2.05, 4.69) is 44.6 Å². The first-order chi connectivity index (χ1) is 17.9. The Kier molecular flexibility index (Phi) is 17.4. The largest absolute Gasteiger partial charge is 0.320 e. The van der Waals surface area contributed by atoms with Crippen LogP contribution in [0.1, 0.15) is 62.9 Å². The van der Waals surface area contributed by atoms with E-state index >= 15 is 0 Å². The number of nitrogens with one attached hydrogen (secondary N) is 1. The molecule has 37 heavy (non-hydrogen) atoms. The van der Waals surface area contributed by atoms with Gasteiger partial charge in [-0.3, -0.25) is 0 Å². The van der Waals surface area contributed by atoms with Gasteiger partial charge >= 0.3 is 0 Å². The van der Waals surface area contributed by atoms with Gasteiger partial charge in [0.05, 0.1) is 23.0 Å². The van der Waals surface area contributed by atoms with Gasteiger partial charge in [-0.2, -0.15) is 5.26 Å². The molecule has 0 aliphatic rings. The predicted molar refractivity (Wildman–Crippen MR) is 160 cm³/mol. The Morgan fingerprint density at radius 1 is 1.03 bits per heavy atom. The van der Waals surface area contributed by atoms with Crippen molar-refractivity contribution in [3.05, 3.63) is 115 Å². The molecule has 1 heterocycles. The number of halogens is 1. The number of allylic oxidation sites excluding steroid dienone is 2. The number of hydrogen-bond donors (Lipinski definition) is 1. The van der Waals surface area contributed by atoms with Crippen LogP contribution in [0.25, 0.3) is 22.4 Å². The number of nitrogens with zero attached hydrogens (tertiary/aromatic N) is 2. The second-order valence-corrected chi connectivity index (χ2v) is 7.87. The Labute approximate surface area is 224 Å². The van der Waals surface area contributed by atoms with Crippen molar-refractivity contribution in [3.8, 4) is 17.3 Å². The van der Waals surface area contributed by atoms with Crippen LogP contribution in [-0.4, -0.2) is 18.6 Å². The lowest BCUT2D eigenvalue weighted by atomic mass is 9.95. The van der Waals surface area contributed by atoms with Gasteiger partial charge in [-0.1, -0.05) is 70.3 Å². The van der Waals surface area contributed by atoms with Crippen LogP contribution < -0.4 is 5.32 Å². The molecule has 1 N–H and O–H groups in total. The number of nitriles is 1. The molecule has 0 fully saturated rings. The molecular formula is C33H42FN3. The molecule has 0 saturated heterocycles. The number of aromatic nitrogens is 1. The smallest absolute Gasteiger partial charge is 0.123 e. The van der Waals surface area contributed by atoms with Gasteiger partial charge in [0.15, 0.2) is 0 Å². The van der Waals surface area contributed by atoms with Gasteiger partial charge in [-0.15, -0.1) is 13.2 Å². The van der Waals surface area contributed by atoms with E-state index in [0.29, 0.717) is 18.4 Å². The fourth-order valence-electron chi connectivity index (χ4n) is 3.38. The molecule has 0 unspecified atom stereocenters. The van der Waals surface area contributed by atoms with Gasteiger partial charge in [0.25, 0.3) is 0 Å². The maximum Gasteiger partial charge on any atom is 0.123 e. The van der Waals surface area contributed by atoms with Gasteiger partial charge < -0.3 is 5.32 Å². The maximum atomic E-state index is 13.4. The molecule has 3 rings (SSSR count). The van der Waals surface area contributed by atoms with Crippen molar-refractivity contribution in [2.24, 2.45) is 0 Å². The highest BCUT2D eigenvalue weighted by Crippen LogP contribution is 2.29. The molecule has 4 heteroatoms. The highest BCUT2D eigenvalue weighted by atomic mass is 19.1. The van der Waals surface area contributed by atoms with Crippen molar-refractivity contribution >= 4 is 11.1 Å². The summed E-state index contributed by atoms with van der Waals surface area (Å²) in [5, 5.41) is 12.4. The summed E-state index contributed by atoms with van der Waals surface area (Å²) in [6.07, 6.45) is 2.56. The number of rotatable bonds is 8. The summed E-state index contributed by atoms with van der Waals surface area (Å²) in [4.78, 5) is 4.82. The van der Waals surface area contributed by atoms with Crippen molar-refractivity contribution in [3.63, 3.8) is 0 Å². The first-order valence-corrected chi connectivity index (χ1v) is 12.6. The zero-order chi connectivity index (χ0) is 28.2. The van der Waals surface area contributed by atoms with Crippen molar-refractivity contribution in [1.29, 1.82) is 5.26 Å². The lowest BCUT2D eigenvalue weighted by molar-refractivity contribution is 0.625. The standard InChI is InChI=1S/C25H21FN2.C4H11N.C2H6.C2H4/c1-17(2)22-13-14-24(23-10-5-4-8-20(23)16-27)28-25(22)18(3)11-12-19-7-6-9-21(26)15-19;1-3-4-5-2;2*1-2/h4-10,13-15H,1,3,11-12H2,2H3;5H,3-4H2,1-2H3;1-2H3;1-2H2. The van der Waals surface area contributed by atoms with Crippen molar-refractivity contribution in [1.82, 2.24) is 10.3 Å². The molecule has 1 aromatic heterocycles. The zero-order valence-electron chi connectivity index (χ0n) is 23.2. The van der Waals surface area contributed by atoms with E-state index in [9.17, 15) is 9.65 Å². The summed E-state index contributed by atoms with van der Waals surface area (Å²) in [5.41, 5.74) is 6.48. The minimum atomic E-state index is -0.237. The average molecular weight is 500 g/mol. The number of hydrogen-bond acceptors (Lipinski definition) is 3. The summed E-state index contributed by atoms with van der Waals surface area (Å²) >= 11 is 0. The van der Waals surface area contributed by atoms with Gasteiger partial charge in [-0.25, -0.2) is 9.37 Å². The molecule has 0 spiro atoms. The van der Waals surface area contributed by atoms with Crippen LogP contribution in [0.5, 0.6) is 0 Å². The molecule has 0 aliphatic heterocycles. The number of benzene rings is 2. The molecule has 2 aromatic carbocycles. The third kappa shape index (κ3) is 11.2. The summed E-state index contributed by atoms with van der Waals surface area (Å²) in [7, 11) is 1.96. The van der Waals surface area contributed by atoms with Crippen LogP contribution in [0.3, 0.4) is 0 Å². The number of aryl methyl sites for hydroxylation is 1. The molecule has 196 valence electrons. The molecule has 3 aromatic rings. The molecule has 0 aliphatic carbocycles. The first kappa shape index (κ1) is 33.2. The van der Waals surface area contributed by atoms with Crippen LogP contribution in [-0.2, 0) is 6.42 Å². The summed E-state index contributed by atoms with van der Waals surface area (Å²) in [6.45, 7) is 23.5. The van der Waals surface area contributed by atoms with Gasteiger partial charge in [-0.05, 0) is 80.8 Å². The molecule has 0 bridgehead atoms. The first-order valence-electron chi connectivity index (χ1n) is 12.6. The highest BCUT2D eigenvalue weighted by Gasteiger charge is 2.13. The Balaban J connectivity index is 0.00000127. The van der Waals surface area contributed by atoms with Gasteiger partial charge in [0, 0.05) is 11.1 Å². The van der Waals surface area contributed by atoms with Crippen LogP contribution in [0.2, 0.25) is 0 Å². The Morgan fingerprint density at radius 3 is 2.24 bits per heavy atom. The van der Waals surface area contributed by atoms with Crippen LogP contribution in [0.15, 0.2) is 87.0 Å². The maximum absolute atomic E-state index is 13.4. The van der Waals surface area contributed by atoms with Crippen LogP contribution in [0.4, 0.5) is 4.39 Å². The van der Waals surface area contributed by atoms with E-state index in [0.717, 1.165) is 45.8 Å². The van der Waals surface area contributed by atoms with E-state index in [1.54, 1.807) is 18.2 Å². The van der Waals surface area contributed by atoms with Crippen LogP contribution in [0, 0.1) is 17.1 Å². The van der Waals surface area contributed by atoms with E-state index in [-0.39, 0.29) is 5.82 Å². The summed E-state index contributed by atoms with van der Waals surface area (Å²) in [6, 6.07) is 20.1. The predicted octanol–water partition coefficient (Wildman–Crippen LogP) is 8.88. The molecule has 0 saturated carbocycles. The lowest BCUT2D eigenvalue weighted by Crippen LogP contribution is -2.04. The molecular weight excluding hydrogens is 457 g/mol. The van der Waals surface area contributed by atoms with Gasteiger partial charge in [0.1, 0.15) is 5.82 Å². The monoisotopic (exact) mass is 499 g/mol. The van der Waals surface area contributed by atoms with E-state index in [1.165, 1.54) is 12.5 Å². The highest BCUT2D eigenvalue weighted by molar-refractivity contribution is 5.78. The fourth-order valence-corrected chi connectivity index (χ4v) is 3.38. The molecule has 0 radical (unpaired) electrons. The van der Waals surface area contributed by atoms with E-state index < -0.39 is 0 Å². The zero-order valence-corrected chi connectivity index (χ0v) is 23.2. The lowest BCUT2D eigenvalue weighted by Gasteiger charge is -2.14. The summed E-state index contributed by atoms with van der Waals surface area (Å²) < 4.78 is 13.4. The molecule has 0 atom stereocenters. The third-order valence-corrected chi connectivity index (χ3v) is 5.12. The average Bonchev–Trinajstić information content (AvgIpc) is 2.94. The Bertz CT molecular complexity index is 1160. The molecule has 0 amide bonds. The van der Waals surface area contributed by atoms with Crippen LogP contribution >= 0.6 is 0 Å². The van der Waals surface area contributed by atoms with E-state index in [4.69, 9.17) is 4.98 Å². The van der Waals surface area contributed by atoms with Crippen molar-refractivity contribution < 1.29 is 4.39 Å². The van der Waals surface area contributed by atoms with Crippen molar-refractivity contribution in [2.45, 2.75) is 47.0 Å². The minimum absolute atomic E-state index is 0.237. The van der Waals surface area contributed by atoms with Crippen molar-refractivity contribution in [2.75, 3.05) is 13.6 Å². The topological polar surface area (TPSA) is 48.7 Å². The summed E-state index contributed by atoms with van der Waals surface area (Å²) in [5.74, 6) is -0.237. The minimum Gasteiger partial charge on any atom is -0.320 e. The number of pyridine rings is 1.